The molecule has 13 heavy (non-hydrogen) atoms. The Kier molecular flexibility index (Phi) is 20.1. The number of rotatable bonds is 3. The van der Waals surface area contributed by atoms with Gasteiger partial charge in [-0.25, -0.2) is 0 Å². The van der Waals surface area contributed by atoms with Crippen LogP contribution in [0.5, 0.6) is 0 Å². The van der Waals surface area contributed by atoms with Gasteiger partial charge in [0, 0.05) is 6.21 Å². The van der Waals surface area contributed by atoms with Crippen molar-refractivity contribution < 1.29 is 42.6 Å². The fraction of sp³-hybridized carbons (Fsp3) is 0.714. The topological polar surface area (TPSA) is 93.0 Å². The van der Waals surface area contributed by atoms with Gasteiger partial charge in [-0.2, -0.15) is 0 Å². The van der Waals surface area contributed by atoms with E-state index in [1.54, 1.807) is 0 Å². The molecule has 0 saturated carbocycles. The summed E-state index contributed by atoms with van der Waals surface area (Å²) in [6.07, 6.45) is 2.06. The van der Waals surface area contributed by atoms with Crippen LogP contribution in [0.2, 0.25) is 0 Å². The molecule has 0 aromatic rings. The minimum absolute atomic E-state index is 0. The monoisotopic (exact) mass is 283 g/mol. The number of unbranched alkanes of at least 4 members (excludes halogenated alkanes) is 1. The second kappa shape index (κ2) is 14.2. The number of aliphatic carboxylic acids is 1. The fourth-order valence-corrected chi connectivity index (χ4v) is 0.187. The van der Waals surface area contributed by atoms with Gasteiger partial charge in [0.05, 0.1) is 12.1 Å². The number of hydrogen-bond donors (Lipinski definition) is 2. The quantitative estimate of drug-likeness (QED) is 0.312. The molecule has 0 fully saturated rings. The number of aliphatic hydroxyl groups is 1. The van der Waals surface area contributed by atoms with Crippen molar-refractivity contribution in [2.75, 3.05) is 0 Å². The molecule has 0 aliphatic heterocycles. The van der Waals surface area contributed by atoms with E-state index in [1.165, 1.54) is 6.21 Å². The van der Waals surface area contributed by atoms with Gasteiger partial charge in [-0.15, -0.1) is 5.16 Å². The van der Waals surface area contributed by atoms with E-state index in [9.17, 15) is 9.90 Å². The molecule has 1 unspecified atom stereocenters. The minimum atomic E-state index is -1.44. The summed E-state index contributed by atoms with van der Waals surface area (Å²) in [4.78, 5) is 9.34. The summed E-state index contributed by atoms with van der Waals surface area (Å²) in [6.45, 7) is 3.16. The van der Waals surface area contributed by atoms with Crippen LogP contribution in [-0.2, 0) is 27.2 Å². The predicted molar refractivity (Wildman–Crippen MR) is 41.9 cm³/mol. The maximum absolute atomic E-state index is 9.34. The summed E-state index contributed by atoms with van der Waals surface area (Å²) in [6, 6.07) is 0. The van der Waals surface area contributed by atoms with Gasteiger partial charge in [-0.1, -0.05) is 13.3 Å². The summed E-state index contributed by atoms with van der Waals surface area (Å²) in [5, 5.41) is 27.9. The van der Waals surface area contributed by atoms with E-state index in [-0.39, 0.29) is 22.4 Å². The molecule has 6 heteroatoms. The summed E-state index contributed by atoms with van der Waals surface area (Å²) in [5.41, 5.74) is 0. The van der Waals surface area contributed by atoms with Gasteiger partial charge in [0.25, 0.3) is 0 Å². The Labute approximate surface area is 93.0 Å². The number of carbonyl (C=O) groups is 1. The third-order valence-electron chi connectivity index (χ3n) is 0.841. The number of carboxylic acids is 1. The van der Waals surface area contributed by atoms with Crippen molar-refractivity contribution in [1.29, 1.82) is 0 Å². The standard InChI is InChI=1S/C4H9NO.C3H6O3.Ag/c1-2-3-4-5-6;1-2(4)3(5)6;/h4,6H,2-3H2,1H3;2,4H,1H3,(H,5,6);/q;;+1/p-1/b5-4+;;. The Morgan fingerprint density at radius 1 is 1.69 bits per heavy atom. The molecule has 0 radical (unpaired) electrons. The maximum atomic E-state index is 9.34. The van der Waals surface area contributed by atoms with Crippen LogP contribution in [0, 0.1) is 0 Å². The van der Waals surface area contributed by atoms with Gasteiger partial charge < -0.3 is 20.2 Å². The zero-order chi connectivity index (χ0) is 9.98. The van der Waals surface area contributed by atoms with Crippen molar-refractivity contribution in [3.63, 3.8) is 0 Å². The van der Waals surface area contributed by atoms with E-state index in [0.717, 1.165) is 19.8 Å². The first-order valence-electron chi connectivity index (χ1n) is 3.61. The number of nitrogens with zero attached hydrogens (tertiary/aromatic N) is 1. The molecular formula is C7H14AgNO4. The van der Waals surface area contributed by atoms with Gasteiger partial charge in [-0.3, -0.25) is 0 Å². The van der Waals surface area contributed by atoms with E-state index in [2.05, 4.69) is 5.16 Å². The SMILES string of the molecule is CC(O)C(=O)[O-].CCC/C=N/O.[Ag+]. The molecule has 0 saturated heterocycles. The van der Waals surface area contributed by atoms with Gasteiger partial charge >= 0.3 is 22.4 Å². The van der Waals surface area contributed by atoms with Crippen molar-refractivity contribution in [3.05, 3.63) is 0 Å². The summed E-state index contributed by atoms with van der Waals surface area (Å²) < 4.78 is 0. The number of carbonyl (C=O) groups excluding carboxylic acids is 1. The number of oxime groups is 1. The summed E-state index contributed by atoms with van der Waals surface area (Å²) in [5.74, 6) is -1.44. The number of aliphatic hydroxyl groups excluding tert-OH is 1. The van der Waals surface area contributed by atoms with Crippen molar-refractivity contribution in [2.24, 2.45) is 5.16 Å². The molecule has 0 bridgehead atoms. The second-order valence-corrected chi connectivity index (χ2v) is 2.08. The van der Waals surface area contributed by atoms with Crippen LogP contribution in [-0.4, -0.2) is 28.6 Å². The molecule has 0 amide bonds. The van der Waals surface area contributed by atoms with Crippen LogP contribution in [0.3, 0.4) is 0 Å². The molecule has 5 nitrogen and oxygen atoms in total. The Hall–Kier alpha value is -0.360. The van der Waals surface area contributed by atoms with Crippen LogP contribution in [0.1, 0.15) is 26.7 Å². The van der Waals surface area contributed by atoms with Gasteiger partial charge in [0.2, 0.25) is 0 Å². The van der Waals surface area contributed by atoms with E-state index in [4.69, 9.17) is 10.3 Å². The van der Waals surface area contributed by atoms with Crippen LogP contribution in [0.25, 0.3) is 0 Å². The Morgan fingerprint density at radius 3 is 2.15 bits per heavy atom. The normalized spacial score (nSPS) is 11.0. The number of hydrogen-bond acceptors (Lipinski definition) is 5. The van der Waals surface area contributed by atoms with Crippen LogP contribution >= 0.6 is 0 Å². The van der Waals surface area contributed by atoms with E-state index >= 15 is 0 Å². The first-order valence-corrected chi connectivity index (χ1v) is 3.61. The van der Waals surface area contributed by atoms with Crippen molar-refractivity contribution in [2.45, 2.75) is 32.8 Å². The maximum Gasteiger partial charge on any atom is 1.00 e. The van der Waals surface area contributed by atoms with Gasteiger partial charge in [0.1, 0.15) is 0 Å². The Morgan fingerprint density at radius 2 is 2.08 bits per heavy atom. The molecule has 2 N–H and O–H groups in total. The molecule has 1 atom stereocenters. The molecule has 0 aromatic heterocycles. The minimum Gasteiger partial charge on any atom is -0.547 e. The van der Waals surface area contributed by atoms with Crippen LogP contribution in [0.15, 0.2) is 5.16 Å². The third kappa shape index (κ3) is 24.5. The van der Waals surface area contributed by atoms with Crippen molar-refractivity contribution in [1.82, 2.24) is 0 Å². The summed E-state index contributed by atoms with van der Waals surface area (Å²) in [7, 11) is 0. The first kappa shape index (κ1) is 18.4. The van der Waals surface area contributed by atoms with Crippen LogP contribution < -0.4 is 5.11 Å². The zero-order valence-corrected chi connectivity index (χ0v) is 9.01. The van der Waals surface area contributed by atoms with Gasteiger partial charge in [0.15, 0.2) is 0 Å². The smallest absolute Gasteiger partial charge is 0.547 e. The van der Waals surface area contributed by atoms with Crippen molar-refractivity contribution >= 4 is 12.2 Å². The van der Waals surface area contributed by atoms with Gasteiger partial charge in [-0.05, 0) is 13.3 Å². The predicted octanol–water partition coefficient (Wildman–Crippen LogP) is -0.639. The van der Waals surface area contributed by atoms with E-state index < -0.39 is 12.1 Å². The fourth-order valence-electron chi connectivity index (χ4n) is 0.187. The van der Waals surface area contributed by atoms with E-state index in [0.29, 0.717) is 0 Å². The van der Waals surface area contributed by atoms with Crippen molar-refractivity contribution in [3.8, 4) is 0 Å². The molecule has 0 aromatic carbocycles. The van der Waals surface area contributed by atoms with E-state index in [1.807, 2.05) is 6.92 Å². The Bertz CT molecular complexity index is 138. The molecule has 0 aliphatic carbocycles. The molecule has 0 rings (SSSR count). The third-order valence-corrected chi connectivity index (χ3v) is 0.841. The molecular weight excluding hydrogens is 270 g/mol. The molecule has 0 aliphatic rings. The Balaban J connectivity index is -0.000000143. The average Bonchev–Trinajstić information content (AvgIpc) is 2.02. The molecule has 82 valence electrons. The molecule has 0 spiro atoms. The zero-order valence-electron chi connectivity index (χ0n) is 7.53. The largest absolute Gasteiger partial charge is 1.00 e. The first-order chi connectivity index (χ1) is 5.56. The average molecular weight is 284 g/mol. The molecule has 0 heterocycles. The summed E-state index contributed by atoms with van der Waals surface area (Å²) >= 11 is 0. The number of carboxylic acid groups (broad SMARTS) is 1. The van der Waals surface area contributed by atoms with Crippen LogP contribution in [0.4, 0.5) is 0 Å². The second-order valence-electron chi connectivity index (χ2n) is 2.08.